The molecule has 2 rings (SSSR count). The number of H-pyrrole nitrogens is 1. The Morgan fingerprint density at radius 1 is 1.33 bits per heavy atom. The average Bonchev–Trinajstić information content (AvgIpc) is 2.81. The normalized spacial score (nSPS) is 12.2. The molecule has 2 N–H and O–H groups in total. The molecule has 1 amide bonds. The fourth-order valence-corrected chi connectivity index (χ4v) is 2.02. The molecule has 0 spiro atoms. The maximum atomic E-state index is 12.2. The van der Waals surface area contributed by atoms with E-state index >= 15 is 0 Å². The van der Waals surface area contributed by atoms with Crippen molar-refractivity contribution in [2.24, 2.45) is 0 Å². The van der Waals surface area contributed by atoms with E-state index < -0.39 is 0 Å². The fraction of sp³-hybridized carbons (Fsp3) is 0.286. The highest BCUT2D eigenvalue weighted by Crippen LogP contribution is 2.15. The molecule has 0 aliphatic rings. The summed E-state index contributed by atoms with van der Waals surface area (Å²) in [7, 11) is 0. The smallest absolute Gasteiger partial charge is 0.252 e. The molecule has 1 atom stereocenters. The van der Waals surface area contributed by atoms with Crippen LogP contribution in [0, 0.1) is 13.8 Å². The molecule has 0 radical (unpaired) electrons. The van der Waals surface area contributed by atoms with Gasteiger partial charge < -0.3 is 10.3 Å². The number of benzene rings is 1. The van der Waals surface area contributed by atoms with Gasteiger partial charge in [0.2, 0.25) is 0 Å². The Morgan fingerprint density at radius 2 is 2.00 bits per heavy atom. The number of aryl methyl sites for hydroxylation is 2. The SMILES string of the molecule is Cc1cccc(C)c1C(=O)NC(C)c1ncc[nH]1. The maximum Gasteiger partial charge on any atom is 0.252 e. The molecule has 0 saturated carbocycles. The number of nitrogens with one attached hydrogen (secondary N) is 2. The Kier molecular flexibility index (Phi) is 3.46. The number of carbonyl (C=O) groups excluding carboxylic acids is 1. The predicted octanol–water partition coefficient (Wildman–Crippen LogP) is 2.52. The van der Waals surface area contributed by atoms with Gasteiger partial charge in [0, 0.05) is 18.0 Å². The number of aromatic nitrogens is 2. The average molecular weight is 243 g/mol. The van der Waals surface area contributed by atoms with Gasteiger partial charge in [-0.05, 0) is 31.9 Å². The first kappa shape index (κ1) is 12.4. The van der Waals surface area contributed by atoms with Crippen molar-refractivity contribution in [2.75, 3.05) is 0 Å². The largest absolute Gasteiger partial charge is 0.347 e. The minimum Gasteiger partial charge on any atom is -0.347 e. The summed E-state index contributed by atoms with van der Waals surface area (Å²) in [6, 6.07) is 5.71. The summed E-state index contributed by atoms with van der Waals surface area (Å²) in [4.78, 5) is 19.4. The summed E-state index contributed by atoms with van der Waals surface area (Å²) >= 11 is 0. The molecule has 0 fully saturated rings. The van der Waals surface area contributed by atoms with Crippen LogP contribution in [0.1, 0.15) is 40.3 Å². The van der Waals surface area contributed by atoms with Crippen molar-refractivity contribution in [1.82, 2.24) is 15.3 Å². The first-order valence-corrected chi connectivity index (χ1v) is 5.96. The van der Waals surface area contributed by atoms with E-state index in [1.165, 1.54) is 0 Å². The van der Waals surface area contributed by atoms with E-state index in [2.05, 4.69) is 15.3 Å². The molecule has 1 heterocycles. The third-order valence-corrected chi connectivity index (χ3v) is 2.99. The van der Waals surface area contributed by atoms with Crippen LogP contribution in [-0.2, 0) is 0 Å². The summed E-state index contributed by atoms with van der Waals surface area (Å²) in [5.74, 6) is 0.698. The lowest BCUT2D eigenvalue weighted by Crippen LogP contribution is -2.28. The van der Waals surface area contributed by atoms with E-state index in [0.29, 0.717) is 0 Å². The zero-order valence-electron chi connectivity index (χ0n) is 10.8. The molecule has 18 heavy (non-hydrogen) atoms. The first-order valence-electron chi connectivity index (χ1n) is 5.96. The number of amides is 1. The van der Waals surface area contributed by atoms with Gasteiger partial charge >= 0.3 is 0 Å². The Morgan fingerprint density at radius 3 is 2.56 bits per heavy atom. The van der Waals surface area contributed by atoms with Crippen LogP contribution in [0.3, 0.4) is 0 Å². The van der Waals surface area contributed by atoms with Crippen LogP contribution in [0.5, 0.6) is 0 Å². The Hall–Kier alpha value is -2.10. The molecular weight excluding hydrogens is 226 g/mol. The monoisotopic (exact) mass is 243 g/mol. The molecule has 4 heteroatoms. The molecule has 4 nitrogen and oxygen atoms in total. The fourth-order valence-electron chi connectivity index (χ4n) is 2.02. The van der Waals surface area contributed by atoms with Crippen LogP contribution < -0.4 is 5.32 Å². The van der Waals surface area contributed by atoms with Gasteiger partial charge in [0.1, 0.15) is 5.82 Å². The first-order chi connectivity index (χ1) is 8.59. The molecule has 1 unspecified atom stereocenters. The molecule has 94 valence electrons. The quantitative estimate of drug-likeness (QED) is 0.870. The van der Waals surface area contributed by atoms with Gasteiger partial charge in [-0.1, -0.05) is 18.2 Å². The van der Waals surface area contributed by atoms with Gasteiger partial charge in [0.05, 0.1) is 6.04 Å². The van der Waals surface area contributed by atoms with E-state index in [4.69, 9.17) is 0 Å². The number of nitrogens with zero attached hydrogens (tertiary/aromatic N) is 1. The number of rotatable bonds is 3. The van der Waals surface area contributed by atoms with Crippen molar-refractivity contribution < 1.29 is 4.79 Å². The molecule has 0 aliphatic carbocycles. The van der Waals surface area contributed by atoms with Gasteiger partial charge in [0.25, 0.3) is 5.91 Å². The number of aromatic amines is 1. The third kappa shape index (κ3) is 2.42. The maximum absolute atomic E-state index is 12.2. The molecule has 1 aromatic carbocycles. The summed E-state index contributed by atoms with van der Waals surface area (Å²) in [6.07, 6.45) is 3.42. The summed E-state index contributed by atoms with van der Waals surface area (Å²) in [5.41, 5.74) is 2.72. The number of hydrogen-bond acceptors (Lipinski definition) is 2. The second kappa shape index (κ2) is 5.04. The van der Waals surface area contributed by atoms with E-state index in [1.54, 1.807) is 12.4 Å². The minimum atomic E-state index is -0.133. The molecule has 0 saturated heterocycles. The topological polar surface area (TPSA) is 57.8 Å². The Labute approximate surface area is 106 Å². The van der Waals surface area contributed by atoms with Crippen molar-refractivity contribution in [3.05, 3.63) is 53.1 Å². The van der Waals surface area contributed by atoms with Gasteiger partial charge in [-0.25, -0.2) is 4.98 Å². The summed E-state index contributed by atoms with van der Waals surface area (Å²) in [5, 5.41) is 2.95. The van der Waals surface area contributed by atoms with E-state index in [1.807, 2.05) is 39.0 Å². The van der Waals surface area contributed by atoms with Crippen LogP contribution in [0.4, 0.5) is 0 Å². The van der Waals surface area contributed by atoms with Crippen molar-refractivity contribution in [3.8, 4) is 0 Å². The molecule has 2 aromatic rings. The molecule has 1 aromatic heterocycles. The van der Waals surface area contributed by atoms with Crippen LogP contribution in [0.15, 0.2) is 30.6 Å². The lowest BCUT2D eigenvalue weighted by atomic mass is 10.0. The lowest BCUT2D eigenvalue weighted by Gasteiger charge is -2.14. The number of carbonyl (C=O) groups is 1. The molecular formula is C14H17N3O. The van der Waals surface area contributed by atoms with Gasteiger partial charge in [0.15, 0.2) is 0 Å². The van der Waals surface area contributed by atoms with Crippen molar-refractivity contribution in [2.45, 2.75) is 26.8 Å². The van der Waals surface area contributed by atoms with Crippen LogP contribution in [0.2, 0.25) is 0 Å². The third-order valence-electron chi connectivity index (χ3n) is 2.99. The zero-order chi connectivity index (χ0) is 13.1. The highest BCUT2D eigenvalue weighted by Gasteiger charge is 2.16. The second-order valence-electron chi connectivity index (χ2n) is 4.44. The van der Waals surface area contributed by atoms with Crippen molar-refractivity contribution >= 4 is 5.91 Å². The predicted molar refractivity (Wildman–Crippen MR) is 70.4 cm³/mol. The summed E-state index contributed by atoms with van der Waals surface area (Å²) < 4.78 is 0. The highest BCUT2D eigenvalue weighted by molar-refractivity contribution is 5.97. The Balaban J connectivity index is 2.18. The van der Waals surface area contributed by atoms with Crippen molar-refractivity contribution in [1.29, 1.82) is 0 Å². The van der Waals surface area contributed by atoms with Crippen molar-refractivity contribution in [3.63, 3.8) is 0 Å². The van der Waals surface area contributed by atoms with E-state index in [0.717, 1.165) is 22.5 Å². The molecule has 0 aliphatic heterocycles. The van der Waals surface area contributed by atoms with Crippen LogP contribution in [0.25, 0.3) is 0 Å². The minimum absolute atomic E-state index is 0.0606. The van der Waals surface area contributed by atoms with Gasteiger partial charge in [-0.15, -0.1) is 0 Å². The number of hydrogen-bond donors (Lipinski definition) is 2. The van der Waals surface area contributed by atoms with E-state index in [9.17, 15) is 4.79 Å². The van der Waals surface area contributed by atoms with E-state index in [-0.39, 0.29) is 11.9 Å². The lowest BCUT2D eigenvalue weighted by molar-refractivity contribution is 0.0937. The Bertz CT molecular complexity index is 526. The zero-order valence-corrected chi connectivity index (χ0v) is 10.8. The van der Waals surface area contributed by atoms with Crippen LogP contribution in [-0.4, -0.2) is 15.9 Å². The standard InChI is InChI=1S/C14H17N3O/c1-9-5-4-6-10(2)12(9)14(18)17-11(3)13-15-7-8-16-13/h4-8,11H,1-3H3,(H,15,16)(H,17,18). The van der Waals surface area contributed by atoms with Gasteiger partial charge in [-0.3, -0.25) is 4.79 Å². The van der Waals surface area contributed by atoms with Crippen LogP contribution >= 0.6 is 0 Å². The molecule has 0 bridgehead atoms. The van der Waals surface area contributed by atoms with Gasteiger partial charge in [-0.2, -0.15) is 0 Å². The summed E-state index contributed by atoms with van der Waals surface area (Å²) in [6.45, 7) is 5.79. The second-order valence-corrected chi connectivity index (χ2v) is 4.44. The number of imidazole rings is 1. The highest BCUT2D eigenvalue weighted by atomic mass is 16.1.